The van der Waals surface area contributed by atoms with E-state index in [4.69, 9.17) is 5.26 Å². The van der Waals surface area contributed by atoms with Crippen molar-refractivity contribution in [2.75, 3.05) is 13.1 Å². The highest BCUT2D eigenvalue weighted by Crippen LogP contribution is 2.38. The SMILES string of the molecule is CCC1(CC)CCN(S(=O)(=O)Cc2ccccc2C#N)C1. The normalized spacial score (nSPS) is 18.5. The van der Waals surface area contributed by atoms with Gasteiger partial charge in [-0.2, -0.15) is 5.26 Å². The number of rotatable bonds is 5. The van der Waals surface area contributed by atoms with Gasteiger partial charge in [0.05, 0.1) is 17.4 Å². The summed E-state index contributed by atoms with van der Waals surface area (Å²) in [5.74, 6) is -0.0831. The zero-order valence-electron chi connectivity index (χ0n) is 12.7. The van der Waals surface area contributed by atoms with Crippen LogP contribution in [0.2, 0.25) is 0 Å². The molecular weight excluding hydrogens is 284 g/mol. The Labute approximate surface area is 127 Å². The lowest BCUT2D eigenvalue weighted by atomic mass is 9.82. The maximum atomic E-state index is 12.6. The second-order valence-electron chi connectivity index (χ2n) is 5.82. The van der Waals surface area contributed by atoms with Crippen LogP contribution < -0.4 is 0 Å². The van der Waals surface area contributed by atoms with Crippen LogP contribution in [0.3, 0.4) is 0 Å². The highest BCUT2D eigenvalue weighted by Gasteiger charge is 2.40. The molecule has 1 saturated heterocycles. The quantitative estimate of drug-likeness (QED) is 0.840. The van der Waals surface area contributed by atoms with E-state index in [2.05, 4.69) is 19.9 Å². The highest BCUT2D eigenvalue weighted by molar-refractivity contribution is 7.88. The Balaban J connectivity index is 2.19. The third-order valence-electron chi connectivity index (χ3n) is 4.77. The predicted molar refractivity (Wildman–Crippen MR) is 83.0 cm³/mol. The fraction of sp³-hybridized carbons (Fsp3) is 0.562. The Morgan fingerprint density at radius 3 is 2.52 bits per heavy atom. The van der Waals surface area contributed by atoms with Gasteiger partial charge in [-0.15, -0.1) is 0 Å². The van der Waals surface area contributed by atoms with Crippen molar-refractivity contribution in [1.29, 1.82) is 5.26 Å². The Hall–Kier alpha value is -1.38. The number of hydrogen-bond donors (Lipinski definition) is 0. The van der Waals surface area contributed by atoms with E-state index < -0.39 is 10.0 Å². The van der Waals surface area contributed by atoms with Crippen molar-refractivity contribution in [2.45, 2.75) is 38.9 Å². The third-order valence-corrected chi connectivity index (χ3v) is 6.55. The molecule has 0 radical (unpaired) electrons. The molecule has 0 aromatic heterocycles. The lowest BCUT2D eigenvalue weighted by Gasteiger charge is -2.26. The first kappa shape index (κ1) is 16.0. The van der Waals surface area contributed by atoms with E-state index in [1.165, 1.54) is 0 Å². The lowest BCUT2D eigenvalue weighted by molar-refractivity contribution is 0.279. The van der Waals surface area contributed by atoms with E-state index in [1.54, 1.807) is 28.6 Å². The summed E-state index contributed by atoms with van der Waals surface area (Å²) in [6.07, 6.45) is 2.94. The van der Waals surface area contributed by atoms with Gasteiger partial charge in [-0.25, -0.2) is 12.7 Å². The second-order valence-corrected chi connectivity index (χ2v) is 7.78. The Bertz CT molecular complexity index is 642. The van der Waals surface area contributed by atoms with Crippen LogP contribution in [0.1, 0.15) is 44.2 Å². The fourth-order valence-electron chi connectivity index (χ4n) is 3.00. The molecule has 114 valence electrons. The van der Waals surface area contributed by atoms with Crippen LogP contribution in [-0.2, 0) is 15.8 Å². The standard InChI is InChI=1S/C16H22N2O2S/c1-3-16(4-2)9-10-18(13-16)21(19,20)12-15-8-6-5-7-14(15)11-17/h5-8H,3-4,9-10,12-13H2,1-2H3. The predicted octanol–water partition coefficient (Wildman–Crippen LogP) is 2.90. The summed E-state index contributed by atoms with van der Waals surface area (Å²) < 4.78 is 26.8. The number of nitriles is 1. The molecule has 0 saturated carbocycles. The smallest absolute Gasteiger partial charge is 0.212 e. The van der Waals surface area contributed by atoms with Crippen LogP contribution in [0.4, 0.5) is 0 Å². The molecule has 5 heteroatoms. The molecule has 0 bridgehead atoms. The minimum absolute atomic E-state index is 0.0831. The molecule has 1 aliphatic rings. The van der Waals surface area contributed by atoms with Crippen molar-refractivity contribution in [3.05, 3.63) is 35.4 Å². The van der Waals surface area contributed by atoms with Crippen LogP contribution in [0, 0.1) is 16.7 Å². The summed E-state index contributed by atoms with van der Waals surface area (Å²) in [5.41, 5.74) is 1.16. The minimum Gasteiger partial charge on any atom is -0.212 e. The first-order valence-corrected chi connectivity index (χ1v) is 9.03. The third kappa shape index (κ3) is 3.28. The molecule has 2 rings (SSSR count). The van der Waals surface area contributed by atoms with Crippen molar-refractivity contribution < 1.29 is 8.42 Å². The van der Waals surface area contributed by atoms with E-state index >= 15 is 0 Å². The van der Waals surface area contributed by atoms with Crippen LogP contribution in [0.5, 0.6) is 0 Å². The summed E-state index contributed by atoms with van der Waals surface area (Å²) in [5, 5.41) is 9.08. The van der Waals surface area contributed by atoms with Gasteiger partial charge in [0.15, 0.2) is 0 Å². The van der Waals surface area contributed by atoms with Gasteiger partial charge in [0.25, 0.3) is 0 Å². The summed E-state index contributed by atoms with van der Waals surface area (Å²) >= 11 is 0. The number of hydrogen-bond acceptors (Lipinski definition) is 3. The molecule has 4 nitrogen and oxygen atoms in total. The lowest BCUT2D eigenvalue weighted by Crippen LogP contribution is -2.32. The van der Waals surface area contributed by atoms with Gasteiger partial charge >= 0.3 is 0 Å². The van der Waals surface area contributed by atoms with Crippen LogP contribution >= 0.6 is 0 Å². The number of benzene rings is 1. The van der Waals surface area contributed by atoms with Crippen LogP contribution in [-0.4, -0.2) is 25.8 Å². The van der Waals surface area contributed by atoms with Crippen LogP contribution in [0.15, 0.2) is 24.3 Å². The molecular formula is C16H22N2O2S. The molecule has 0 unspecified atom stereocenters. The molecule has 0 aliphatic carbocycles. The highest BCUT2D eigenvalue weighted by atomic mass is 32.2. The number of nitrogens with zero attached hydrogens (tertiary/aromatic N) is 2. The molecule has 1 aliphatic heterocycles. The van der Waals surface area contributed by atoms with Crippen molar-refractivity contribution in [3.8, 4) is 6.07 Å². The van der Waals surface area contributed by atoms with Crippen molar-refractivity contribution in [2.24, 2.45) is 5.41 Å². The molecule has 1 fully saturated rings. The molecule has 0 atom stereocenters. The average Bonchev–Trinajstić information content (AvgIpc) is 2.93. The van der Waals surface area contributed by atoms with Gasteiger partial charge in [-0.05, 0) is 36.3 Å². The van der Waals surface area contributed by atoms with Gasteiger partial charge in [0.1, 0.15) is 0 Å². The first-order chi connectivity index (χ1) is 9.96. The van der Waals surface area contributed by atoms with Gasteiger partial charge < -0.3 is 0 Å². The molecule has 0 N–H and O–H groups in total. The maximum absolute atomic E-state index is 12.6. The molecule has 0 amide bonds. The van der Waals surface area contributed by atoms with Crippen molar-refractivity contribution in [1.82, 2.24) is 4.31 Å². The van der Waals surface area contributed by atoms with E-state index in [9.17, 15) is 8.42 Å². The van der Waals surface area contributed by atoms with E-state index in [1.807, 2.05) is 0 Å². The topological polar surface area (TPSA) is 61.2 Å². The fourth-order valence-corrected chi connectivity index (χ4v) is 4.67. The van der Waals surface area contributed by atoms with E-state index in [0.29, 0.717) is 24.2 Å². The van der Waals surface area contributed by atoms with E-state index in [-0.39, 0.29) is 11.2 Å². The zero-order chi connectivity index (χ0) is 15.5. The summed E-state index contributed by atoms with van der Waals surface area (Å²) in [7, 11) is -3.35. The zero-order valence-corrected chi connectivity index (χ0v) is 13.5. The van der Waals surface area contributed by atoms with Gasteiger partial charge in [-0.1, -0.05) is 32.0 Å². The number of sulfonamides is 1. The monoisotopic (exact) mass is 306 g/mol. The first-order valence-electron chi connectivity index (χ1n) is 7.42. The van der Waals surface area contributed by atoms with Gasteiger partial charge in [0, 0.05) is 13.1 Å². The molecule has 1 aromatic rings. The summed E-state index contributed by atoms with van der Waals surface area (Å²) in [6, 6.07) is 8.98. The average molecular weight is 306 g/mol. The maximum Gasteiger partial charge on any atom is 0.218 e. The van der Waals surface area contributed by atoms with Crippen molar-refractivity contribution in [3.63, 3.8) is 0 Å². The Morgan fingerprint density at radius 1 is 1.29 bits per heavy atom. The molecule has 0 spiro atoms. The van der Waals surface area contributed by atoms with Gasteiger partial charge in [-0.3, -0.25) is 0 Å². The summed E-state index contributed by atoms with van der Waals surface area (Å²) in [6.45, 7) is 5.46. The second kappa shape index (κ2) is 6.17. The summed E-state index contributed by atoms with van der Waals surface area (Å²) in [4.78, 5) is 0. The minimum atomic E-state index is -3.35. The van der Waals surface area contributed by atoms with Crippen molar-refractivity contribution >= 4 is 10.0 Å². The molecule has 1 heterocycles. The van der Waals surface area contributed by atoms with E-state index in [0.717, 1.165) is 19.3 Å². The molecule has 1 aromatic carbocycles. The Kier molecular flexibility index (Phi) is 4.70. The van der Waals surface area contributed by atoms with Crippen LogP contribution in [0.25, 0.3) is 0 Å². The molecule has 21 heavy (non-hydrogen) atoms. The largest absolute Gasteiger partial charge is 0.218 e. The Morgan fingerprint density at radius 2 is 1.95 bits per heavy atom. The van der Waals surface area contributed by atoms with Gasteiger partial charge in [0.2, 0.25) is 10.0 Å².